The molecule has 0 aliphatic carbocycles. The summed E-state index contributed by atoms with van der Waals surface area (Å²) in [6, 6.07) is 14.1. The van der Waals surface area contributed by atoms with Crippen LogP contribution < -0.4 is 0 Å². The second-order valence-corrected chi connectivity index (χ2v) is 9.79. The fraction of sp³-hybridized carbons (Fsp3) is 0.400. The van der Waals surface area contributed by atoms with Gasteiger partial charge in [-0.1, -0.05) is 41.9 Å². The average Bonchev–Trinajstić information content (AvgIpc) is 2.57. The number of aliphatic hydroxyl groups is 3. The van der Waals surface area contributed by atoms with Crippen molar-refractivity contribution in [3.05, 3.63) is 69.7 Å². The fourth-order valence-corrected chi connectivity index (χ4v) is 6.06. The first kappa shape index (κ1) is 18.7. The molecule has 136 valence electrons. The molecule has 1 aliphatic rings. The van der Waals surface area contributed by atoms with Gasteiger partial charge < -0.3 is 15.3 Å². The van der Waals surface area contributed by atoms with E-state index < -0.39 is 29.2 Å². The van der Waals surface area contributed by atoms with Crippen LogP contribution in [0, 0.1) is 6.92 Å². The highest BCUT2D eigenvalue weighted by atomic mass is 35.5. The molecule has 1 fully saturated rings. The molecule has 2 aromatic rings. The Bertz CT molecular complexity index is 734. The summed E-state index contributed by atoms with van der Waals surface area (Å²) in [5.41, 5.74) is 4.63. The topological polar surface area (TPSA) is 60.7 Å². The number of hydrogen-bond donors (Lipinski definition) is 4. The molecule has 1 saturated heterocycles. The van der Waals surface area contributed by atoms with Gasteiger partial charge in [0.1, 0.15) is 6.10 Å². The number of thiol groups is 1. The van der Waals surface area contributed by atoms with E-state index in [0.29, 0.717) is 5.75 Å². The Morgan fingerprint density at radius 3 is 2.40 bits per heavy atom. The van der Waals surface area contributed by atoms with Crippen LogP contribution in [0.1, 0.15) is 27.5 Å². The number of halogens is 1. The maximum Gasteiger partial charge on any atom is 0.108 e. The summed E-state index contributed by atoms with van der Waals surface area (Å²) in [7, 11) is -0.600. The number of aliphatic hydroxyl groups excluding tert-OH is 3. The highest BCUT2D eigenvalue weighted by molar-refractivity contribution is 8.16. The minimum Gasteiger partial charge on any atom is -0.390 e. The SMILES string of the molecule is Cc1ccc([C@H]2[C@H](O)[C@H](O)[C@H](O)C[SH]2C)cc1Cc1ccc(Cl)cc1. The second-order valence-electron chi connectivity index (χ2n) is 6.92. The molecule has 0 saturated carbocycles. The molecule has 0 radical (unpaired) electrons. The first-order valence-corrected chi connectivity index (χ1v) is 10.9. The van der Waals surface area contributed by atoms with Crippen LogP contribution in [-0.4, -0.2) is 45.6 Å². The van der Waals surface area contributed by atoms with Gasteiger partial charge in [-0.25, -0.2) is 10.9 Å². The molecule has 3 N–H and O–H groups in total. The maximum absolute atomic E-state index is 10.5. The lowest BCUT2D eigenvalue weighted by Crippen LogP contribution is -2.47. The zero-order valence-electron chi connectivity index (χ0n) is 14.4. The molecule has 0 spiro atoms. The quantitative estimate of drug-likeness (QED) is 0.619. The van der Waals surface area contributed by atoms with Gasteiger partial charge in [0.15, 0.2) is 0 Å². The average molecular weight is 381 g/mol. The van der Waals surface area contributed by atoms with Crippen molar-refractivity contribution in [1.29, 1.82) is 0 Å². The first-order valence-electron chi connectivity index (χ1n) is 8.45. The van der Waals surface area contributed by atoms with Crippen molar-refractivity contribution in [1.82, 2.24) is 0 Å². The zero-order valence-corrected chi connectivity index (χ0v) is 16.1. The highest BCUT2D eigenvalue weighted by Gasteiger charge is 2.40. The van der Waals surface area contributed by atoms with Crippen molar-refractivity contribution >= 4 is 22.5 Å². The van der Waals surface area contributed by atoms with Gasteiger partial charge in [0.05, 0.1) is 12.2 Å². The molecule has 0 bridgehead atoms. The van der Waals surface area contributed by atoms with Crippen LogP contribution >= 0.6 is 22.5 Å². The van der Waals surface area contributed by atoms with E-state index in [-0.39, 0.29) is 5.25 Å². The Labute approximate surface area is 156 Å². The molecule has 1 unspecified atom stereocenters. The van der Waals surface area contributed by atoms with Gasteiger partial charge in [-0.2, -0.15) is 0 Å². The maximum atomic E-state index is 10.5. The van der Waals surface area contributed by atoms with E-state index in [1.165, 1.54) is 16.7 Å². The first-order chi connectivity index (χ1) is 11.9. The van der Waals surface area contributed by atoms with Crippen molar-refractivity contribution in [2.24, 2.45) is 0 Å². The van der Waals surface area contributed by atoms with Crippen molar-refractivity contribution < 1.29 is 15.3 Å². The van der Waals surface area contributed by atoms with E-state index >= 15 is 0 Å². The summed E-state index contributed by atoms with van der Waals surface area (Å²) < 4.78 is 0. The summed E-state index contributed by atoms with van der Waals surface area (Å²) in [5.74, 6) is 0.554. The Morgan fingerprint density at radius 1 is 1.04 bits per heavy atom. The molecule has 5 heteroatoms. The third-order valence-corrected chi connectivity index (χ3v) is 7.80. The van der Waals surface area contributed by atoms with Gasteiger partial charge in [0, 0.05) is 16.0 Å². The summed E-state index contributed by atoms with van der Waals surface area (Å²) in [5, 5.41) is 31.1. The van der Waals surface area contributed by atoms with Crippen LogP contribution in [-0.2, 0) is 6.42 Å². The van der Waals surface area contributed by atoms with E-state index in [9.17, 15) is 15.3 Å². The molecule has 0 amide bonds. The van der Waals surface area contributed by atoms with E-state index in [2.05, 4.69) is 25.3 Å². The van der Waals surface area contributed by atoms with Crippen LogP contribution in [0.5, 0.6) is 0 Å². The van der Waals surface area contributed by atoms with Crippen molar-refractivity contribution in [3.63, 3.8) is 0 Å². The molecule has 3 nitrogen and oxygen atoms in total. The molecule has 1 aliphatic heterocycles. The lowest BCUT2D eigenvalue weighted by atomic mass is 9.94. The van der Waals surface area contributed by atoms with Crippen LogP contribution in [0.4, 0.5) is 0 Å². The minimum absolute atomic E-state index is 0.113. The smallest absolute Gasteiger partial charge is 0.108 e. The Kier molecular flexibility index (Phi) is 5.76. The summed E-state index contributed by atoms with van der Waals surface area (Å²) in [6.45, 7) is 2.08. The zero-order chi connectivity index (χ0) is 18.1. The molecule has 1 heterocycles. The molecular weight excluding hydrogens is 356 g/mol. The number of rotatable bonds is 3. The Morgan fingerprint density at radius 2 is 1.72 bits per heavy atom. The number of benzene rings is 2. The van der Waals surface area contributed by atoms with Gasteiger partial charge in [-0.3, -0.25) is 0 Å². The molecule has 2 aromatic carbocycles. The van der Waals surface area contributed by atoms with Crippen molar-refractivity contribution in [2.45, 2.75) is 36.9 Å². The lowest BCUT2D eigenvalue weighted by molar-refractivity contribution is -0.0561. The van der Waals surface area contributed by atoms with Gasteiger partial charge in [0.2, 0.25) is 0 Å². The third kappa shape index (κ3) is 4.04. The second kappa shape index (κ2) is 7.68. The van der Waals surface area contributed by atoms with E-state index in [0.717, 1.165) is 17.0 Å². The van der Waals surface area contributed by atoms with Crippen molar-refractivity contribution in [2.75, 3.05) is 12.0 Å². The summed E-state index contributed by atoms with van der Waals surface area (Å²) in [6.07, 6.45) is 0.0424. The Balaban J connectivity index is 1.89. The standard InChI is InChI=1S/C20H25ClO3S/c1-12-3-6-14(20-19(24)18(23)17(22)11-25(20)2)10-15(12)9-13-4-7-16(21)8-5-13/h3-8,10,17-20,22-25H,9,11H2,1-2H3/t17-,18-,19-,20+/m1/s1. The third-order valence-electron chi connectivity index (χ3n) is 5.04. The molecular formula is C20H25ClO3S. The molecule has 5 atom stereocenters. The van der Waals surface area contributed by atoms with Gasteiger partial charge in [0.25, 0.3) is 0 Å². The summed E-state index contributed by atoms with van der Waals surface area (Å²) in [4.78, 5) is 0. The van der Waals surface area contributed by atoms with Crippen LogP contribution in [0.3, 0.4) is 0 Å². The fourth-order valence-electron chi connectivity index (χ4n) is 3.53. The predicted octanol–water partition coefficient (Wildman–Crippen LogP) is 3.01. The number of aryl methyl sites for hydroxylation is 1. The van der Waals surface area contributed by atoms with E-state index in [1.807, 2.05) is 30.3 Å². The van der Waals surface area contributed by atoms with Crippen LogP contribution in [0.2, 0.25) is 5.02 Å². The minimum atomic E-state index is -1.08. The van der Waals surface area contributed by atoms with Gasteiger partial charge in [-0.15, -0.1) is 0 Å². The monoisotopic (exact) mass is 380 g/mol. The summed E-state index contributed by atoms with van der Waals surface area (Å²) >= 11 is 5.96. The molecule has 0 aromatic heterocycles. The molecule has 25 heavy (non-hydrogen) atoms. The van der Waals surface area contributed by atoms with E-state index in [1.54, 1.807) is 0 Å². The Hall–Kier alpha value is -1.04. The normalized spacial score (nSPS) is 31.0. The number of hydrogen-bond acceptors (Lipinski definition) is 3. The predicted molar refractivity (Wildman–Crippen MR) is 106 cm³/mol. The van der Waals surface area contributed by atoms with Gasteiger partial charge in [-0.05, 0) is 54.0 Å². The molecule has 3 rings (SSSR count). The van der Waals surface area contributed by atoms with Crippen LogP contribution in [0.25, 0.3) is 0 Å². The van der Waals surface area contributed by atoms with E-state index in [4.69, 9.17) is 11.6 Å². The largest absolute Gasteiger partial charge is 0.390 e. The van der Waals surface area contributed by atoms with Crippen molar-refractivity contribution in [3.8, 4) is 0 Å². The lowest BCUT2D eigenvalue weighted by Gasteiger charge is -2.42. The van der Waals surface area contributed by atoms with Gasteiger partial charge >= 0.3 is 0 Å². The van der Waals surface area contributed by atoms with Crippen LogP contribution in [0.15, 0.2) is 42.5 Å². The highest BCUT2D eigenvalue weighted by Crippen LogP contribution is 2.48.